The van der Waals surface area contributed by atoms with E-state index in [-0.39, 0.29) is 5.82 Å². The highest BCUT2D eigenvalue weighted by molar-refractivity contribution is 7.84. The van der Waals surface area contributed by atoms with Crippen LogP contribution in [-0.2, 0) is 27.2 Å². The molecule has 5 rings (SSSR count). The molecule has 0 unspecified atom stereocenters. The third-order valence-corrected chi connectivity index (χ3v) is 6.95. The number of benzene rings is 3. The SMILES string of the molecule is N#Cc1c(NCc2ccccc2)c2cc(N3CCOCC3)ccc2[n+](N)c1N.O=S(=O)([O-])Cc1ccccc1. The molecule has 39 heavy (non-hydrogen) atoms. The van der Waals surface area contributed by atoms with Crippen molar-refractivity contribution < 1.29 is 22.4 Å². The van der Waals surface area contributed by atoms with E-state index in [4.69, 9.17) is 16.3 Å². The zero-order valence-corrected chi connectivity index (χ0v) is 22.1. The molecular weight excluding hydrogens is 516 g/mol. The van der Waals surface area contributed by atoms with Crippen molar-refractivity contribution in [2.75, 3.05) is 48.1 Å². The van der Waals surface area contributed by atoms with Crippen molar-refractivity contribution in [3.63, 3.8) is 0 Å². The van der Waals surface area contributed by atoms with Gasteiger partial charge in [-0.1, -0.05) is 60.7 Å². The van der Waals surface area contributed by atoms with Crippen LogP contribution in [0, 0.1) is 11.3 Å². The number of nitrogens with one attached hydrogen (secondary N) is 1. The van der Waals surface area contributed by atoms with Crippen molar-refractivity contribution in [2.45, 2.75) is 12.3 Å². The smallest absolute Gasteiger partial charge is 0.316 e. The second kappa shape index (κ2) is 12.4. The van der Waals surface area contributed by atoms with Crippen LogP contribution in [0.15, 0.2) is 78.9 Å². The molecule has 5 N–H and O–H groups in total. The van der Waals surface area contributed by atoms with E-state index >= 15 is 0 Å². The molecule has 0 amide bonds. The second-order valence-corrected chi connectivity index (χ2v) is 10.3. The van der Waals surface area contributed by atoms with Crippen LogP contribution in [0.25, 0.3) is 10.9 Å². The summed E-state index contributed by atoms with van der Waals surface area (Å²) >= 11 is 0. The predicted molar refractivity (Wildman–Crippen MR) is 150 cm³/mol. The molecule has 10 nitrogen and oxygen atoms in total. The highest BCUT2D eigenvalue weighted by Crippen LogP contribution is 2.32. The second-order valence-electron chi connectivity index (χ2n) is 8.94. The molecule has 0 atom stereocenters. The minimum absolute atomic E-state index is 0.240. The van der Waals surface area contributed by atoms with Crippen molar-refractivity contribution in [1.29, 1.82) is 5.26 Å². The summed E-state index contributed by atoms with van der Waals surface area (Å²) in [6.45, 7) is 3.67. The van der Waals surface area contributed by atoms with Crippen LogP contribution in [0.3, 0.4) is 0 Å². The number of hydrogen-bond acceptors (Lipinski definition) is 9. The van der Waals surface area contributed by atoms with E-state index in [9.17, 15) is 18.2 Å². The van der Waals surface area contributed by atoms with E-state index in [0.29, 0.717) is 36.6 Å². The Morgan fingerprint density at radius 3 is 2.21 bits per heavy atom. The summed E-state index contributed by atoms with van der Waals surface area (Å²) in [5.74, 6) is 6.00. The number of anilines is 3. The fourth-order valence-corrected chi connectivity index (χ4v) is 4.93. The van der Waals surface area contributed by atoms with Crippen LogP contribution in [0.5, 0.6) is 0 Å². The average molecular weight is 547 g/mol. The van der Waals surface area contributed by atoms with Crippen LogP contribution >= 0.6 is 0 Å². The molecule has 1 aliphatic heterocycles. The maximum absolute atomic E-state index is 10.2. The molecule has 1 saturated heterocycles. The normalized spacial score (nSPS) is 13.3. The van der Waals surface area contributed by atoms with Crippen molar-refractivity contribution in [3.8, 4) is 6.07 Å². The third kappa shape index (κ3) is 7.14. The van der Waals surface area contributed by atoms with Gasteiger partial charge in [0.15, 0.2) is 11.1 Å². The van der Waals surface area contributed by atoms with E-state index in [1.54, 1.807) is 30.3 Å². The van der Waals surface area contributed by atoms with Gasteiger partial charge in [-0.15, -0.1) is 4.68 Å². The summed E-state index contributed by atoms with van der Waals surface area (Å²) in [6.07, 6.45) is 0. The highest BCUT2D eigenvalue weighted by Gasteiger charge is 2.23. The van der Waals surface area contributed by atoms with Crippen molar-refractivity contribution in [2.24, 2.45) is 0 Å². The molecule has 2 heterocycles. The van der Waals surface area contributed by atoms with Gasteiger partial charge in [-0.2, -0.15) is 5.26 Å². The zero-order valence-electron chi connectivity index (χ0n) is 21.3. The van der Waals surface area contributed by atoms with Crippen LogP contribution in [0.1, 0.15) is 16.7 Å². The number of fused-ring (bicyclic) bond motifs is 1. The van der Waals surface area contributed by atoms with E-state index in [1.807, 2.05) is 42.5 Å². The molecule has 1 aromatic heterocycles. The quantitative estimate of drug-likeness (QED) is 0.187. The van der Waals surface area contributed by atoms with E-state index in [2.05, 4.69) is 22.4 Å². The number of rotatable bonds is 6. The molecule has 0 radical (unpaired) electrons. The van der Waals surface area contributed by atoms with Crippen molar-refractivity contribution >= 4 is 38.2 Å². The maximum atomic E-state index is 10.2. The van der Waals surface area contributed by atoms with E-state index in [0.717, 1.165) is 35.2 Å². The van der Waals surface area contributed by atoms with Gasteiger partial charge in [0, 0.05) is 25.3 Å². The number of pyridine rings is 1. The Kier molecular flexibility index (Phi) is 8.83. The lowest BCUT2D eigenvalue weighted by molar-refractivity contribution is -0.596. The monoisotopic (exact) mass is 546 g/mol. The van der Waals surface area contributed by atoms with Gasteiger partial charge in [-0.3, -0.25) is 11.6 Å². The average Bonchev–Trinajstić information content (AvgIpc) is 2.95. The first-order valence-electron chi connectivity index (χ1n) is 12.3. The summed E-state index contributed by atoms with van der Waals surface area (Å²) in [6, 6.07) is 26.7. The topological polar surface area (TPSA) is 161 Å². The number of hydrogen-bond donors (Lipinski definition) is 3. The van der Waals surface area contributed by atoms with Gasteiger partial charge in [0.1, 0.15) is 6.07 Å². The molecule has 4 aromatic rings. The minimum Gasteiger partial charge on any atom is -0.748 e. The van der Waals surface area contributed by atoms with Crippen LogP contribution < -0.4 is 26.5 Å². The summed E-state index contributed by atoms with van der Waals surface area (Å²) in [5, 5.41) is 14.0. The van der Waals surface area contributed by atoms with Gasteiger partial charge in [0.2, 0.25) is 0 Å². The number of nitrogen functional groups attached to an aromatic ring is 2. The number of nitrogens with two attached hydrogens (primary N) is 2. The van der Waals surface area contributed by atoms with Gasteiger partial charge in [0.25, 0.3) is 0 Å². The molecule has 0 aliphatic carbocycles. The highest BCUT2D eigenvalue weighted by atomic mass is 32.2. The first-order valence-corrected chi connectivity index (χ1v) is 13.9. The predicted octanol–water partition coefficient (Wildman–Crippen LogP) is 2.48. The fourth-order valence-electron chi connectivity index (χ4n) is 4.33. The first-order chi connectivity index (χ1) is 18.8. The first kappa shape index (κ1) is 27.7. The molecule has 0 spiro atoms. The molecule has 1 fully saturated rings. The standard InChI is InChI=1S/C21H22N6O.C7H8O3S/c22-13-18-20(25-14-15-4-2-1-3-5-15)17-12-16(26-8-10-28-11-9-26)6-7-19(17)27(24)21(18)23;8-11(9,10)6-7-4-2-1-3-5-7/h1-7,12H,8-11,14,24H2,(H2,23,25);1-5H,6H2,(H,8,9,10). The van der Waals surface area contributed by atoms with Gasteiger partial charge in [0.05, 0.1) is 40.2 Å². The molecule has 0 bridgehead atoms. The van der Waals surface area contributed by atoms with Gasteiger partial charge in [-0.25, -0.2) is 8.42 Å². The summed E-state index contributed by atoms with van der Waals surface area (Å²) < 4.78 is 37.6. The summed E-state index contributed by atoms with van der Waals surface area (Å²) in [5.41, 5.74) is 10.7. The molecule has 3 aromatic carbocycles. The maximum Gasteiger partial charge on any atom is 0.316 e. The van der Waals surface area contributed by atoms with Gasteiger partial charge >= 0.3 is 5.82 Å². The number of morpholine rings is 1. The van der Waals surface area contributed by atoms with Crippen molar-refractivity contribution in [1.82, 2.24) is 0 Å². The van der Waals surface area contributed by atoms with E-state index in [1.165, 1.54) is 4.68 Å². The van der Waals surface area contributed by atoms with Crippen LogP contribution in [0.4, 0.5) is 17.2 Å². The number of nitrogens with zero attached hydrogens (tertiary/aromatic N) is 3. The van der Waals surface area contributed by atoms with Crippen LogP contribution in [-0.4, -0.2) is 39.3 Å². The molecular formula is C28H30N6O4S. The Hall–Kier alpha value is -4.37. The number of aromatic nitrogens is 1. The Morgan fingerprint density at radius 1 is 1.00 bits per heavy atom. The summed E-state index contributed by atoms with van der Waals surface area (Å²) in [4.78, 5) is 2.27. The zero-order chi connectivity index (χ0) is 27.8. The number of nitriles is 1. The van der Waals surface area contributed by atoms with Crippen molar-refractivity contribution in [3.05, 3.63) is 95.6 Å². The number of ether oxygens (including phenoxy) is 1. The van der Waals surface area contributed by atoms with Gasteiger partial charge in [-0.05, 0) is 29.3 Å². The lowest BCUT2D eigenvalue weighted by Crippen LogP contribution is -2.48. The Morgan fingerprint density at radius 2 is 1.62 bits per heavy atom. The Labute approximate surface area is 227 Å². The molecule has 202 valence electrons. The largest absolute Gasteiger partial charge is 0.748 e. The Balaban J connectivity index is 0.000000270. The molecule has 11 heteroatoms. The Bertz CT molecular complexity index is 1570. The minimum atomic E-state index is -4.13. The molecule has 0 saturated carbocycles. The lowest BCUT2D eigenvalue weighted by atomic mass is 10.1. The third-order valence-electron chi connectivity index (χ3n) is 6.26. The van der Waals surface area contributed by atoms with Gasteiger partial charge < -0.3 is 19.5 Å². The van der Waals surface area contributed by atoms with Crippen LogP contribution in [0.2, 0.25) is 0 Å². The fraction of sp³-hybridized carbons (Fsp3) is 0.214. The molecule has 1 aliphatic rings. The summed E-state index contributed by atoms with van der Waals surface area (Å²) in [7, 11) is -4.13. The van der Waals surface area contributed by atoms with E-state index < -0.39 is 15.9 Å². The lowest BCUT2D eigenvalue weighted by Gasteiger charge is -2.29.